The van der Waals surface area contributed by atoms with Crippen molar-refractivity contribution < 1.29 is 14.6 Å². The van der Waals surface area contributed by atoms with Gasteiger partial charge in [0.05, 0.1) is 30.4 Å². The summed E-state index contributed by atoms with van der Waals surface area (Å²) in [5, 5.41) is 26.3. The molecule has 4 aromatic rings. The van der Waals surface area contributed by atoms with Crippen molar-refractivity contribution in [1.82, 2.24) is 24.7 Å². The van der Waals surface area contributed by atoms with Gasteiger partial charge in [0.25, 0.3) is 5.91 Å². The van der Waals surface area contributed by atoms with Crippen LogP contribution in [-0.4, -0.2) is 62.7 Å². The lowest BCUT2D eigenvalue weighted by Crippen LogP contribution is -2.43. The molecule has 36 heavy (non-hydrogen) atoms. The number of aromatic nitrogens is 4. The number of aryl methyl sites for hydroxylation is 1. The molecule has 1 saturated heterocycles. The summed E-state index contributed by atoms with van der Waals surface area (Å²) in [6, 6.07) is 10.6. The molecule has 10 nitrogen and oxygen atoms in total. The number of aliphatic hydroxyl groups is 1. The monoisotopic (exact) mass is 489 g/mol. The van der Waals surface area contributed by atoms with E-state index in [1.165, 1.54) is 12.8 Å². The third-order valence-corrected chi connectivity index (χ3v) is 7.13. The predicted octanol–water partition coefficient (Wildman–Crippen LogP) is 2.70. The van der Waals surface area contributed by atoms with E-state index in [1.807, 2.05) is 37.5 Å². The second-order valence-electron chi connectivity index (χ2n) is 9.78. The fourth-order valence-corrected chi connectivity index (χ4v) is 5.16. The van der Waals surface area contributed by atoms with Crippen molar-refractivity contribution in [3.63, 3.8) is 0 Å². The second kappa shape index (κ2) is 9.11. The average molecular weight is 490 g/mol. The van der Waals surface area contributed by atoms with Gasteiger partial charge in [0.15, 0.2) is 0 Å². The van der Waals surface area contributed by atoms with Crippen molar-refractivity contribution >= 4 is 33.7 Å². The Hall–Kier alpha value is -3.63. The van der Waals surface area contributed by atoms with Crippen LogP contribution in [0.3, 0.4) is 0 Å². The number of fused-ring (bicyclic) bond motifs is 2. The molecule has 0 radical (unpaired) electrons. The molecule has 2 aliphatic rings. The standard InChI is InChI=1S/C26H31N7O3/c1-31-14-16-11-20(12-17(15-34)25(16)30-31)28-26(35)22-6-5-21(23-13-24(36-2)29-33(22)23)32-9-7-19(8-10-32)27-18-3-4-18/h5-6,11-14,18-19,27,34H,3-4,7-10,15H2,1-2H3,(H,28,35). The maximum absolute atomic E-state index is 13.4. The van der Waals surface area contributed by atoms with Crippen LogP contribution >= 0.6 is 0 Å². The summed E-state index contributed by atoms with van der Waals surface area (Å²) in [5.74, 6) is 0.165. The molecular weight excluding hydrogens is 458 g/mol. The molecule has 0 bridgehead atoms. The number of hydrogen-bond donors (Lipinski definition) is 3. The number of piperidine rings is 1. The van der Waals surface area contributed by atoms with Gasteiger partial charge in [0.1, 0.15) is 5.69 Å². The molecule has 188 valence electrons. The number of nitrogens with one attached hydrogen (secondary N) is 2. The Kier molecular flexibility index (Phi) is 5.77. The maximum atomic E-state index is 13.4. The number of nitrogens with zero attached hydrogens (tertiary/aromatic N) is 5. The Balaban J connectivity index is 1.28. The van der Waals surface area contributed by atoms with E-state index >= 15 is 0 Å². The van der Waals surface area contributed by atoms with Gasteiger partial charge in [-0.3, -0.25) is 9.48 Å². The van der Waals surface area contributed by atoms with Crippen molar-refractivity contribution in [2.75, 3.05) is 30.4 Å². The Bertz CT molecular complexity index is 1430. The second-order valence-corrected chi connectivity index (χ2v) is 9.78. The van der Waals surface area contributed by atoms with Gasteiger partial charge < -0.3 is 25.4 Å². The number of benzene rings is 1. The molecule has 1 aliphatic heterocycles. The van der Waals surface area contributed by atoms with Gasteiger partial charge in [0, 0.05) is 61.1 Å². The van der Waals surface area contributed by atoms with Gasteiger partial charge in [-0.25, -0.2) is 4.52 Å². The third-order valence-electron chi connectivity index (χ3n) is 7.13. The zero-order valence-electron chi connectivity index (χ0n) is 20.6. The van der Waals surface area contributed by atoms with Crippen LogP contribution in [0.5, 0.6) is 5.88 Å². The first kappa shape index (κ1) is 22.8. The predicted molar refractivity (Wildman–Crippen MR) is 138 cm³/mol. The van der Waals surface area contributed by atoms with Gasteiger partial charge in [-0.15, -0.1) is 5.10 Å². The van der Waals surface area contributed by atoms with Gasteiger partial charge in [-0.2, -0.15) is 5.10 Å². The van der Waals surface area contributed by atoms with Gasteiger partial charge >= 0.3 is 0 Å². The highest BCUT2D eigenvalue weighted by molar-refractivity contribution is 6.05. The van der Waals surface area contributed by atoms with Crippen LogP contribution in [0.4, 0.5) is 11.4 Å². The SMILES string of the molecule is COc1cc2c(N3CCC(NC4CC4)CC3)ccc(C(=O)Nc3cc(CO)c4nn(C)cc4c3)n2n1. The number of pyridine rings is 1. The zero-order valence-corrected chi connectivity index (χ0v) is 20.6. The van der Waals surface area contributed by atoms with Crippen LogP contribution in [0.2, 0.25) is 0 Å². The van der Waals surface area contributed by atoms with E-state index in [2.05, 4.69) is 25.7 Å². The van der Waals surface area contributed by atoms with E-state index in [0.29, 0.717) is 28.9 Å². The number of carbonyl (C=O) groups excluding carboxylic acids is 1. The van der Waals surface area contributed by atoms with Crippen molar-refractivity contribution in [1.29, 1.82) is 0 Å². The number of carbonyl (C=O) groups is 1. The molecule has 1 amide bonds. The normalized spacial score (nSPS) is 16.7. The lowest BCUT2D eigenvalue weighted by atomic mass is 10.0. The lowest BCUT2D eigenvalue weighted by molar-refractivity contribution is 0.102. The summed E-state index contributed by atoms with van der Waals surface area (Å²) in [4.78, 5) is 15.8. The molecule has 0 atom stereocenters. The third kappa shape index (κ3) is 4.27. The largest absolute Gasteiger partial charge is 0.480 e. The first-order valence-corrected chi connectivity index (χ1v) is 12.5. The van der Waals surface area contributed by atoms with E-state index in [-0.39, 0.29) is 12.5 Å². The van der Waals surface area contributed by atoms with Gasteiger partial charge in [-0.05, 0) is 49.9 Å². The van der Waals surface area contributed by atoms with E-state index < -0.39 is 0 Å². The zero-order chi connectivity index (χ0) is 24.8. The van der Waals surface area contributed by atoms with Crippen LogP contribution < -0.4 is 20.3 Å². The summed E-state index contributed by atoms with van der Waals surface area (Å²) in [6.07, 6.45) is 6.66. The minimum absolute atomic E-state index is 0.167. The molecule has 1 aromatic carbocycles. The first-order valence-electron chi connectivity index (χ1n) is 12.5. The fourth-order valence-electron chi connectivity index (χ4n) is 5.16. The molecule has 3 aromatic heterocycles. The quantitative estimate of drug-likeness (QED) is 0.366. The molecule has 6 rings (SSSR count). The summed E-state index contributed by atoms with van der Waals surface area (Å²) in [6.45, 7) is 1.74. The molecule has 4 heterocycles. The minimum atomic E-state index is -0.295. The molecular formula is C26H31N7O3. The Morgan fingerprint density at radius 1 is 1.11 bits per heavy atom. The lowest BCUT2D eigenvalue weighted by Gasteiger charge is -2.34. The van der Waals surface area contributed by atoms with Crippen molar-refractivity contribution in [3.05, 3.63) is 47.8 Å². The smallest absolute Gasteiger partial charge is 0.274 e. The molecule has 0 unspecified atom stereocenters. The summed E-state index contributed by atoms with van der Waals surface area (Å²) in [5.41, 5.74) is 4.26. The number of aliphatic hydroxyl groups excluding tert-OH is 1. The Labute approximate surface area is 208 Å². The molecule has 3 N–H and O–H groups in total. The van der Waals surface area contributed by atoms with Crippen molar-refractivity contribution in [2.24, 2.45) is 7.05 Å². The average Bonchev–Trinajstić information content (AvgIpc) is 3.45. The number of anilines is 2. The summed E-state index contributed by atoms with van der Waals surface area (Å²) < 4.78 is 8.77. The van der Waals surface area contributed by atoms with Crippen LogP contribution in [0.1, 0.15) is 41.7 Å². The number of rotatable bonds is 7. The molecule has 0 spiro atoms. The number of methoxy groups -OCH3 is 1. The van der Waals surface area contributed by atoms with Crippen LogP contribution in [-0.2, 0) is 13.7 Å². The van der Waals surface area contributed by atoms with E-state index in [1.54, 1.807) is 22.4 Å². The molecule has 2 fully saturated rings. The van der Waals surface area contributed by atoms with Gasteiger partial charge in [-0.1, -0.05) is 0 Å². The maximum Gasteiger partial charge on any atom is 0.274 e. The highest BCUT2D eigenvalue weighted by Gasteiger charge is 2.28. The number of amides is 1. The summed E-state index contributed by atoms with van der Waals surface area (Å²) in [7, 11) is 3.41. The van der Waals surface area contributed by atoms with E-state index in [0.717, 1.165) is 54.1 Å². The Morgan fingerprint density at radius 2 is 1.89 bits per heavy atom. The number of ether oxygens (including phenoxy) is 1. The highest BCUT2D eigenvalue weighted by atomic mass is 16.5. The van der Waals surface area contributed by atoms with E-state index in [4.69, 9.17) is 4.74 Å². The van der Waals surface area contributed by atoms with Crippen molar-refractivity contribution in [3.8, 4) is 5.88 Å². The summed E-state index contributed by atoms with van der Waals surface area (Å²) >= 11 is 0. The number of hydrogen-bond acceptors (Lipinski definition) is 7. The fraction of sp³-hybridized carbons (Fsp3) is 0.423. The molecule has 10 heteroatoms. The Morgan fingerprint density at radius 3 is 2.61 bits per heavy atom. The van der Waals surface area contributed by atoms with Crippen LogP contribution in [0.15, 0.2) is 36.5 Å². The van der Waals surface area contributed by atoms with Gasteiger partial charge in [0.2, 0.25) is 5.88 Å². The minimum Gasteiger partial charge on any atom is -0.480 e. The first-order chi connectivity index (χ1) is 17.5. The van der Waals surface area contributed by atoms with E-state index in [9.17, 15) is 9.90 Å². The van der Waals surface area contributed by atoms with Crippen LogP contribution in [0, 0.1) is 0 Å². The van der Waals surface area contributed by atoms with Crippen molar-refractivity contribution in [2.45, 2.75) is 44.4 Å². The van der Waals surface area contributed by atoms with Crippen LogP contribution in [0.25, 0.3) is 16.4 Å². The molecule has 1 saturated carbocycles. The highest BCUT2D eigenvalue weighted by Crippen LogP contribution is 2.30. The topological polar surface area (TPSA) is 109 Å². The molecule has 1 aliphatic carbocycles.